The Bertz CT molecular complexity index is 1790. The lowest BCUT2D eigenvalue weighted by molar-refractivity contribution is -0.139. The maximum absolute atomic E-state index is 14.0. The monoisotopic (exact) mass is 547 g/mol. The van der Waals surface area contributed by atoms with Crippen LogP contribution in [0.15, 0.2) is 63.7 Å². The second kappa shape index (κ2) is 10.5. The number of carbonyl (C=O) groups excluding carboxylic acids is 1. The highest BCUT2D eigenvalue weighted by molar-refractivity contribution is 7.07. The van der Waals surface area contributed by atoms with Gasteiger partial charge in [0.25, 0.3) is 5.56 Å². The zero-order chi connectivity index (χ0) is 27.8. The minimum absolute atomic E-state index is 0.184. The van der Waals surface area contributed by atoms with Crippen LogP contribution in [0.1, 0.15) is 31.0 Å². The molecule has 39 heavy (non-hydrogen) atoms. The average Bonchev–Trinajstić information content (AvgIpc) is 3.42. The molecule has 0 bridgehead atoms. The van der Waals surface area contributed by atoms with Crippen LogP contribution >= 0.6 is 11.3 Å². The predicted octanol–water partition coefficient (Wildman–Crippen LogP) is 3.32. The number of aryl methyl sites for hydroxylation is 1. The smallest absolute Gasteiger partial charge is 0.338 e. The molecule has 5 rings (SSSR count). The summed E-state index contributed by atoms with van der Waals surface area (Å²) in [6, 6.07) is 10.7. The summed E-state index contributed by atoms with van der Waals surface area (Å²) < 4.78 is 26.1. The van der Waals surface area contributed by atoms with E-state index in [1.54, 1.807) is 30.5 Å². The number of esters is 1. The first-order chi connectivity index (χ1) is 18.8. The molecule has 4 aromatic rings. The molecule has 0 amide bonds. The lowest BCUT2D eigenvalue weighted by Crippen LogP contribution is -2.40. The molecule has 0 N–H and O–H groups in total. The summed E-state index contributed by atoms with van der Waals surface area (Å²) in [4.78, 5) is 32.4. The number of benzene rings is 2. The van der Waals surface area contributed by atoms with Gasteiger partial charge in [-0.1, -0.05) is 29.5 Å². The molecule has 0 saturated heterocycles. The maximum atomic E-state index is 14.0. The summed E-state index contributed by atoms with van der Waals surface area (Å²) in [5.74, 6) is 0.677. The van der Waals surface area contributed by atoms with E-state index in [0.29, 0.717) is 37.8 Å². The van der Waals surface area contributed by atoms with Crippen LogP contribution in [0.4, 0.5) is 0 Å². The molecule has 1 aliphatic heterocycles. The van der Waals surface area contributed by atoms with Crippen molar-refractivity contribution in [2.75, 3.05) is 27.9 Å². The third-order valence-electron chi connectivity index (χ3n) is 6.73. The first-order valence-corrected chi connectivity index (χ1v) is 13.2. The predicted molar refractivity (Wildman–Crippen MR) is 149 cm³/mol. The van der Waals surface area contributed by atoms with Crippen LogP contribution in [0.5, 0.6) is 17.2 Å². The van der Waals surface area contributed by atoms with Crippen LogP contribution in [0.2, 0.25) is 0 Å². The number of hydrogen-bond donors (Lipinski definition) is 0. The number of allylic oxidation sites excluding steroid dienone is 1. The van der Waals surface area contributed by atoms with Crippen molar-refractivity contribution < 1.29 is 23.7 Å². The molecule has 0 saturated carbocycles. The van der Waals surface area contributed by atoms with Crippen LogP contribution < -0.4 is 29.1 Å². The number of fused-ring (bicyclic) bond motifs is 2. The van der Waals surface area contributed by atoms with E-state index in [0.717, 1.165) is 16.5 Å². The number of thiazole rings is 1. The normalized spacial score (nSPS) is 15.2. The van der Waals surface area contributed by atoms with Crippen LogP contribution in [0, 0.1) is 0 Å². The zero-order valence-corrected chi connectivity index (χ0v) is 23.4. The lowest BCUT2D eigenvalue weighted by atomic mass is 9.95. The van der Waals surface area contributed by atoms with Gasteiger partial charge in [0.15, 0.2) is 16.3 Å². The molecular weight excluding hydrogens is 518 g/mol. The van der Waals surface area contributed by atoms with Gasteiger partial charge in [0.05, 0.1) is 49.8 Å². The van der Waals surface area contributed by atoms with Gasteiger partial charge in [-0.15, -0.1) is 0 Å². The SMILES string of the molecule is CCOC(=O)C1=C(C)N=c2s/c(=C\c3cn(C)c4ccccc34)c(=O)n2C1c1cc(OC)c(OC)c(OC)c1. The lowest BCUT2D eigenvalue weighted by Gasteiger charge is -2.26. The van der Waals surface area contributed by atoms with Crippen molar-refractivity contribution in [1.82, 2.24) is 9.13 Å². The Kier molecular flexibility index (Phi) is 7.05. The van der Waals surface area contributed by atoms with Crippen LogP contribution in [0.3, 0.4) is 0 Å². The number of hydrogen-bond acceptors (Lipinski definition) is 8. The Morgan fingerprint density at radius 2 is 1.79 bits per heavy atom. The van der Waals surface area contributed by atoms with E-state index >= 15 is 0 Å². The Balaban J connectivity index is 1.79. The number of para-hydroxylation sites is 1. The topological polar surface area (TPSA) is 93.3 Å². The maximum Gasteiger partial charge on any atom is 0.338 e. The van der Waals surface area contributed by atoms with Gasteiger partial charge >= 0.3 is 5.97 Å². The molecule has 1 unspecified atom stereocenters. The highest BCUT2D eigenvalue weighted by atomic mass is 32.1. The average molecular weight is 548 g/mol. The summed E-state index contributed by atoms with van der Waals surface area (Å²) in [6.07, 6.45) is 3.87. The van der Waals surface area contributed by atoms with E-state index in [4.69, 9.17) is 18.9 Å². The second-order valence-corrected chi connectivity index (χ2v) is 9.98. The highest BCUT2D eigenvalue weighted by Gasteiger charge is 2.34. The van der Waals surface area contributed by atoms with E-state index in [2.05, 4.69) is 4.99 Å². The summed E-state index contributed by atoms with van der Waals surface area (Å²) in [5, 5.41) is 1.04. The molecule has 0 aliphatic carbocycles. The Morgan fingerprint density at radius 3 is 2.44 bits per heavy atom. The van der Waals surface area contributed by atoms with Crippen LogP contribution in [-0.2, 0) is 16.6 Å². The largest absolute Gasteiger partial charge is 0.493 e. The third kappa shape index (κ3) is 4.40. The molecule has 2 aromatic heterocycles. The first kappa shape index (κ1) is 26.3. The van der Waals surface area contributed by atoms with Gasteiger partial charge in [-0.3, -0.25) is 9.36 Å². The molecule has 0 fully saturated rings. The molecule has 3 heterocycles. The summed E-state index contributed by atoms with van der Waals surface area (Å²) in [7, 11) is 6.53. The summed E-state index contributed by atoms with van der Waals surface area (Å²) >= 11 is 1.28. The number of methoxy groups -OCH3 is 3. The van der Waals surface area contributed by atoms with E-state index in [-0.39, 0.29) is 17.7 Å². The first-order valence-electron chi connectivity index (χ1n) is 12.4. The van der Waals surface area contributed by atoms with Crippen LogP contribution in [-0.4, -0.2) is 43.0 Å². The molecule has 2 aromatic carbocycles. The van der Waals surface area contributed by atoms with Crippen molar-refractivity contribution in [2.45, 2.75) is 19.9 Å². The van der Waals surface area contributed by atoms with Crippen molar-refractivity contribution >= 4 is 34.3 Å². The van der Waals surface area contributed by atoms with Gasteiger partial charge in [0.2, 0.25) is 5.75 Å². The Morgan fingerprint density at radius 1 is 1.10 bits per heavy atom. The fourth-order valence-corrected chi connectivity index (χ4v) is 6.03. The molecule has 1 aliphatic rings. The van der Waals surface area contributed by atoms with Gasteiger partial charge in [-0.05, 0) is 43.7 Å². The zero-order valence-electron chi connectivity index (χ0n) is 22.6. The van der Waals surface area contributed by atoms with Crippen molar-refractivity contribution in [3.63, 3.8) is 0 Å². The minimum atomic E-state index is -0.816. The van der Waals surface area contributed by atoms with E-state index in [1.165, 1.54) is 32.7 Å². The van der Waals surface area contributed by atoms with Gasteiger partial charge in [0.1, 0.15) is 0 Å². The molecule has 9 nitrogen and oxygen atoms in total. The molecular formula is C29H29N3O6S. The molecule has 0 radical (unpaired) electrons. The highest BCUT2D eigenvalue weighted by Crippen LogP contribution is 2.42. The number of carbonyl (C=O) groups is 1. The Labute approximate surface area is 228 Å². The van der Waals surface area contributed by atoms with Crippen molar-refractivity contribution in [1.29, 1.82) is 0 Å². The minimum Gasteiger partial charge on any atom is -0.493 e. The number of nitrogens with zero attached hydrogens (tertiary/aromatic N) is 3. The number of ether oxygens (including phenoxy) is 4. The summed E-state index contributed by atoms with van der Waals surface area (Å²) in [5.41, 5.74) is 3.07. The van der Waals surface area contributed by atoms with Gasteiger partial charge in [0, 0.05) is 29.7 Å². The molecule has 0 spiro atoms. The van der Waals surface area contributed by atoms with Crippen molar-refractivity contribution in [3.8, 4) is 17.2 Å². The van der Waals surface area contributed by atoms with Crippen LogP contribution in [0.25, 0.3) is 17.0 Å². The summed E-state index contributed by atoms with van der Waals surface area (Å²) in [6.45, 7) is 3.67. The van der Waals surface area contributed by atoms with Crippen molar-refractivity contribution in [2.24, 2.45) is 12.0 Å². The third-order valence-corrected chi connectivity index (χ3v) is 7.72. The molecule has 10 heteroatoms. The van der Waals surface area contributed by atoms with Gasteiger partial charge in [-0.25, -0.2) is 9.79 Å². The van der Waals surface area contributed by atoms with E-state index < -0.39 is 12.0 Å². The standard InChI is InChI=1S/C29H29N3O6S/c1-7-38-28(34)24-16(2)30-29-32(25(24)17-12-21(35-4)26(37-6)22(13-17)36-5)27(33)23(39-29)14-18-15-31(3)20-11-9-8-10-19(18)20/h8-15,25H,7H2,1-6H3/b23-14-. The van der Waals surface area contributed by atoms with E-state index in [9.17, 15) is 9.59 Å². The van der Waals surface area contributed by atoms with Gasteiger partial charge < -0.3 is 23.5 Å². The Hall–Kier alpha value is -4.31. The van der Waals surface area contributed by atoms with Gasteiger partial charge in [-0.2, -0.15) is 0 Å². The second-order valence-electron chi connectivity index (χ2n) is 8.97. The van der Waals surface area contributed by atoms with E-state index in [1.807, 2.05) is 48.2 Å². The fraction of sp³-hybridized carbons (Fsp3) is 0.276. The number of aromatic nitrogens is 2. The van der Waals surface area contributed by atoms with Crippen molar-refractivity contribution in [3.05, 3.63) is 84.7 Å². The fourth-order valence-electron chi connectivity index (χ4n) is 5.00. The molecule has 202 valence electrons. The molecule has 1 atom stereocenters. The number of rotatable bonds is 7. The quantitative estimate of drug-likeness (QED) is 0.330.